The van der Waals surface area contributed by atoms with Crippen molar-refractivity contribution in [1.82, 2.24) is 13.9 Å². The van der Waals surface area contributed by atoms with E-state index in [0.717, 1.165) is 43.4 Å². The topological polar surface area (TPSA) is 79.0 Å². The number of hydrogen-bond donors (Lipinski definition) is 1. The van der Waals surface area contributed by atoms with Gasteiger partial charge in [0.1, 0.15) is 5.75 Å². The molecule has 2 saturated heterocycles. The number of amides is 1. The molecule has 0 aromatic heterocycles. The van der Waals surface area contributed by atoms with Crippen LogP contribution >= 0.6 is 0 Å². The van der Waals surface area contributed by atoms with Crippen LogP contribution in [0.5, 0.6) is 5.75 Å². The maximum absolute atomic E-state index is 13.0. The van der Waals surface area contributed by atoms with Crippen molar-refractivity contribution in [2.45, 2.75) is 46.0 Å². The van der Waals surface area contributed by atoms with Gasteiger partial charge in [0.2, 0.25) is 5.91 Å². The average Bonchev–Trinajstić information content (AvgIpc) is 2.75. The van der Waals surface area contributed by atoms with Crippen LogP contribution in [0.15, 0.2) is 24.3 Å². The van der Waals surface area contributed by atoms with Gasteiger partial charge < -0.3 is 10.1 Å². The van der Waals surface area contributed by atoms with E-state index in [2.05, 4.69) is 12.2 Å². The summed E-state index contributed by atoms with van der Waals surface area (Å²) in [5.74, 6) is 1.09. The van der Waals surface area contributed by atoms with Crippen molar-refractivity contribution in [3.63, 3.8) is 0 Å². The smallest absolute Gasteiger partial charge is 0.281 e. The molecule has 1 N–H and O–H groups in total. The summed E-state index contributed by atoms with van der Waals surface area (Å²) >= 11 is 0. The van der Waals surface area contributed by atoms with Crippen molar-refractivity contribution >= 4 is 16.1 Å². The minimum Gasteiger partial charge on any atom is -0.494 e. The Kier molecular flexibility index (Phi) is 8.13. The van der Waals surface area contributed by atoms with E-state index in [9.17, 15) is 13.2 Å². The highest BCUT2D eigenvalue weighted by Crippen LogP contribution is 2.25. The molecule has 2 heterocycles. The van der Waals surface area contributed by atoms with Gasteiger partial charge in [-0.05, 0) is 62.6 Å². The van der Waals surface area contributed by atoms with E-state index in [0.29, 0.717) is 38.7 Å². The highest BCUT2D eigenvalue weighted by atomic mass is 32.2. The van der Waals surface area contributed by atoms with Gasteiger partial charge in [0.15, 0.2) is 0 Å². The summed E-state index contributed by atoms with van der Waals surface area (Å²) in [5, 5.41) is 2.99. The molecular formula is C22H35N3O4S. The summed E-state index contributed by atoms with van der Waals surface area (Å²) in [4.78, 5) is 12.7. The first-order valence-electron chi connectivity index (χ1n) is 11.1. The van der Waals surface area contributed by atoms with Crippen LogP contribution in [0.1, 0.15) is 45.1 Å². The molecule has 0 aliphatic carbocycles. The Balaban J connectivity index is 1.48. The highest BCUT2D eigenvalue weighted by Gasteiger charge is 2.36. The van der Waals surface area contributed by atoms with Crippen LogP contribution < -0.4 is 10.1 Å². The van der Waals surface area contributed by atoms with Gasteiger partial charge in [-0.3, -0.25) is 4.79 Å². The number of nitrogens with zero attached hydrogens (tertiary/aromatic N) is 2. The maximum Gasteiger partial charge on any atom is 0.281 e. The molecule has 8 heteroatoms. The second-order valence-electron chi connectivity index (χ2n) is 8.40. The normalized spacial score (nSPS) is 22.0. The van der Waals surface area contributed by atoms with Crippen LogP contribution in [0.2, 0.25) is 0 Å². The minimum absolute atomic E-state index is 0.0481. The molecule has 0 radical (unpaired) electrons. The van der Waals surface area contributed by atoms with Crippen LogP contribution in [-0.2, 0) is 21.4 Å². The van der Waals surface area contributed by atoms with Crippen LogP contribution in [0.3, 0.4) is 0 Å². The number of carbonyl (C=O) groups excluding carboxylic acids is 1. The Hall–Kier alpha value is -1.64. The van der Waals surface area contributed by atoms with Gasteiger partial charge in [-0.15, -0.1) is 0 Å². The lowest BCUT2D eigenvalue weighted by atomic mass is 9.99. The zero-order chi connectivity index (χ0) is 21.6. The average molecular weight is 438 g/mol. The largest absolute Gasteiger partial charge is 0.494 e. The van der Waals surface area contributed by atoms with E-state index < -0.39 is 10.2 Å². The molecule has 1 atom stereocenters. The molecule has 168 valence electrons. The van der Waals surface area contributed by atoms with Crippen molar-refractivity contribution in [1.29, 1.82) is 0 Å². The minimum atomic E-state index is -3.47. The highest BCUT2D eigenvalue weighted by molar-refractivity contribution is 7.86. The lowest BCUT2D eigenvalue weighted by Gasteiger charge is -2.37. The van der Waals surface area contributed by atoms with Gasteiger partial charge in [-0.1, -0.05) is 19.1 Å². The molecule has 1 aromatic rings. The van der Waals surface area contributed by atoms with Crippen molar-refractivity contribution in [3.05, 3.63) is 29.8 Å². The molecule has 1 aromatic carbocycles. The zero-order valence-corrected chi connectivity index (χ0v) is 19.0. The lowest BCUT2D eigenvalue weighted by Crippen LogP contribution is -2.52. The quantitative estimate of drug-likeness (QED) is 0.678. The monoisotopic (exact) mass is 437 g/mol. The predicted molar refractivity (Wildman–Crippen MR) is 118 cm³/mol. The number of benzene rings is 1. The van der Waals surface area contributed by atoms with Crippen molar-refractivity contribution in [2.24, 2.45) is 11.8 Å². The van der Waals surface area contributed by atoms with E-state index in [1.54, 1.807) is 4.31 Å². The summed E-state index contributed by atoms with van der Waals surface area (Å²) in [6.45, 7) is 7.25. The standard InChI is InChI=1S/C22H35N3O4S/c1-3-29-21-8-6-19(7-9-21)10-13-23-22(26)20-5-4-14-25(17-20)30(27,28)24-15-11-18(2)12-16-24/h6-9,18,20H,3-5,10-17H2,1-2H3,(H,23,26)/t20-/m0/s1. The van der Waals surface area contributed by atoms with Crippen LogP contribution in [-0.4, -0.2) is 62.3 Å². The van der Waals surface area contributed by atoms with Crippen LogP contribution in [0.4, 0.5) is 0 Å². The van der Waals surface area contributed by atoms with E-state index >= 15 is 0 Å². The number of hydrogen-bond acceptors (Lipinski definition) is 4. The number of ether oxygens (including phenoxy) is 1. The molecule has 0 bridgehead atoms. The molecule has 3 rings (SSSR count). The summed E-state index contributed by atoms with van der Waals surface area (Å²) in [6.07, 6.45) is 4.00. The second-order valence-corrected chi connectivity index (χ2v) is 10.3. The van der Waals surface area contributed by atoms with Crippen LogP contribution in [0, 0.1) is 11.8 Å². The van der Waals surface area contributed by atoms with E-state index in [-0.39, 0.29) is 18.4 Å². The lowest BCUT2D eigenvalue weighted by molar-refractivity contribution is -0.126. The Morgan fingerprint density at radius 2 is 1.80 bits per heavy atom. The summed E-state index contributed by atoms with van der Waals surface area (Å²) in [5.41, 5.74) is 1.13. The third kappa shape index (κ3) is 5.95. The molecule has 0 unspecified atom stereocenters. The van der Waals surface area contributed by atoms with Crippen molar-refractivity contribution in [2.75, 3.05) is 39.3 Å². The van der Waals surface area contributed by atoms with Gasteiger partial charge in [0.05, 0.1) is 12.5 Å². The Morgan fingerprint density at radius 3 is 2.47 bits per heavy atom. The zero-order valence-electron chi connectivity index (χ0n) is 18.2. The third-order valence-corrected chi connectivity index (χ3v) is 8.10. The van der Waals surface area contributed by atoms with Crippen molar-refractivity contribution in [3.8, 4) is 5.75 Å². The van der Waals surface area contributed by atoms with Gasteiger partial charge in [-0.25, -0.2) is 0 Å². The summed E-state index contributed by atoms with van der Waals surface area (Å²) in [7, 11) is -3.47. The molecule has 2 fully saturated rings. The Labute approximate surface area is 180 Å². The van der Waals surface area contributed by atoms with Crippen molar-refractivity contribution < 1.29 is 17.9 Å². The van der Waals surface area contributed by atoms with Crippen LogP contribution in [0.25, 0.3) is 0 Å². The SMILES string of the molecule is CCOc1ccc(CCNC(=O)[C@H]2CCCN(S(=O)(=O)N3CCC(C)CC3)C2)cc1. The number of carbonyl (C=O) groups is 1. The Morgan fingerprint density at radius 1 is 1.10 bits per heavy atom. The molecule has 7 nitrogen and oxygen atoms in total. The molecule has 30 heavy (non-hydrogen) atoms. The molecular weight excluding hydrogens is 402 g/mol. The van der Waals surface area contributed by atoms with E-state index in [1.807, 2.05) is 31.2 Å². The van der Waals surface area contributed by atoms with E-state index in [1.165, 1.54) is 4.31 Å². The second kappa shape index (κ2) is 10.6. The third-order valence-electron chi connectivity index (χ3n) is 6.10. The summed E-state index contributed by atoms with van der Waals surface area (Å²) in [6, 6.07) is 7.88. The fourth-order valence-electron chi connectivity index (χ4n) is 4.14. The first kappa shape index (κ1) is 23.0. The fraction of sp³-hybridized carbons (Fsp3) is 0.682. The fourth-order valence-corrected chi connectivity index (χ4v) is 5.87. The maximum atomic E-state index is 13.0. The molecule has 2 aliphatic heterocycles. The molecule has 1 amide bonds. The molecule has 2 aliphatic rings. The van der Waals surface area contributed by atoms with Gasteiger partial charge >= 0.3 is 0 Å². The number of rotatable bonds is 8. The first-order valence-corrected chi connectivity index (χ1v) is 12.5. The van der Waals surface area contributed by atoms with E-state index in [4.69, 9.17) is 4.74 Å². The Bertz CT molecular complexity index is 789. The molecule has 0 spiro atoms. The summed E-state index contributed by atoms with van der Waals surface area (Å²) < 4.78 is 34.6. The van der Waals surface area contributed by atoms with Gasteiger partial charge in [-0.2, -0.15) is 17.0 Å². The molecule has 0 saturated carbocycles. The van der Waals surface area contributed by atoms with Gasteiger partial charge in [0, 0.05) is 32.7 Å². The number of piperidine rings is 2. The first-order chi connectivity index (χ1) is 14.4. The van der Waals surface area contributed by atoms with Gasteiger partial charge in [0.25, 0.3) is 10.2 Å². The number of nitrogens with one attached hydrogen (secondary N) is 1. The predicted octanol–water partition coefficient (Wildman–Crippen LogP) is 2.43.